The minimum Gasteiger partial charge on any atom is -0.378 e. The van der Waals surface area contributed by atoms with Crippen molar-refractivity contribution in [3.63, 3.8) is 0 Å². The van der Waals surface area contributed by atoms with E-state index in [2.05, 4.69) is 41.5 Å². The summed E-state index contributed by atoms with van der Waals surface area (Å²) in [6.07, 6.45) is 9.13. The fourth-order valence-corrected chi connectivity index (χ4v) is 4.01. The standard InChI is InChI=1S/C24H46O5/c1-22(2,3)28-16-15-25-13-14-26-19-24(9-7-10-24)11-8-12-27-20-17-21(18-20)29-23(4,5)6/h20-21H,7-19H2,1-6H3. The van der Waals surface area contributed by atoms with E-state index >= 15 is 0 Å². The molecule has 0 amide bonds. The molecule has 0 aliphatic heterocycles. The number of hydrogen-bond acceptors (Lipinski definition) is 5. The van der Waals surface area contributed by atoms with E-state index in [-0.39, 0.29) is 11.2 Å². The van der Waals surface area contributed by atoms with E-state index in [0.717, 1.165) is 32.5 Å². The molecule has 0 heterocycles. The summed E-state index contributed by atoms with van der Waals surface area (Å²) in [5.74, 6) is 0. The fourth-order valence-electron chi connectivity index (χ4n) is 4.01. The van der Waals surface area contributed by atoms with Crippen LogP contribution in [0.15, 0.2) is 0 Å². The zero-order chi connectivity index (χ0) is 21.4. The van der Waals surface area contributed by atoms with E-state index in [9.17, 15) is 0 Å². The molecule has 2 aliphatic carbocycles. The van der Waals surface area contributed by atoms with Crippen molar-refractivity contribution in [3.05, 3.63) is 0 Å². The van der Waals surface area contributed by atoms with Gasteiger partial charge in [0.25, 0.3) is 0 Å². The summed E-state index contributed by atoms with van der Waals surface area (Å²) < 4.78 is 29.2. The van der Waals surface area contributed by atoms with Gasteiger partial charge in [-0.2, -0.15) is 0 Å². The van der Waals surface area contributed by atoms with Crippen LogP contribution in [0, 0.1) is 5.41 Å². The van der Waals surface area contributed by atoms with Crippen LogP contribution in [-0.4, -0.2) is 63.1 Å². The molecule has 0 aromatic rings. The fraction of sp³-hybridized carbons (Fsp3) is 1.00. The molecule has 0 N–H and O–H groups in total. The molecule has 0 bridgehead atoms. The van der Waals surface area contributed by atoms with Gasteiger partial charge in [0.2, 0.25) is 0 Å². The van der Waals surface area contributed by atoms with E-state index in [1.165, 1.54) is 25.7 Å². The molecule has 5 heteroatoms. The van der Waals surface area contributed by atoms with Crippen LogP contribution in [-0.2, 0) is 23.7 Å². The van der Waals surface area contributed by atoms with Crippen LogP contribution in [0.3, 0.4) is 0 Å². The van der Waals surface area contributed by atoms with Crippen molar-refractivity contribution in [2.24, 2.45) is 5.41 Å². The quantitative estimate of drug-likeness (QED) is 0.368. The zero-order valence-corrected chi connectivity index (χ0v) is 19.9. The maximum atomic E-state index is 6.04. The molecule has 29 heavy (non-hydrogen) atoms. The lowest BCUT2D eigenvalue weighted by atomic mass is 9.66. The summed E-state index contributed by atoms with van der Waals surface area (Å²) in [6.45, 7) is 16.8. The van der Waals surface area contributed by atoms with Crippen LogP contribution >= 0.6 is 0 Å². The van der Waals surface area contributed by atoms with Crippen molar-refractivity contribution in [1.82, 2.24) is 0 Å². The summed E-state index contributed by atoms with van der Waals surface area (Å²) >= 11 is 0. The van der Waals surface area contributed by atoms with Crippen LogP contribution in [0.5, 0.6) is 0 Å². The van der Waals surface area contributed by atoms with E-state index in [1.807, 2.05) is 0 Å². The Morgan fingerprint density at radius 2 is 1.41 bits per heavy atom. The van der Waals surface area contributed by atoms with Gasteiger partial charge in [0.05, 0.1) is 56.4 Å². The summed E-state index contributed by atoms with van der Waals surface area (Å²) in [4.78, 5) is 0. The van der Waals surface area contributed by atoms with Gasteiger partial charge in [-0.3, -0.25) is 0 Å². The third-order valence-electron chi connectivity index (χ3n) is 5.73. The van der Waals surface area contributed by atoms with Crippen LogP contribution in [0.25, 0.3) is 0 Å². The first kappa shape index (κ1) is 25.1. The van der Waals surface area contributed by atoms with Gasteiger partial charge in [-0.15, -0.1) is 0 Å². The highest BCUT2D eigenvalue weighted by Gasteiger charge is 2.37. The number of rotatable bonds is 14. The molecule has 0 atom stereocenters. The first-order chi connectivity index (χ1) is 13.6. The minimum absolute atomic E-state index is 0.0442. The van der Waals surface area contributed by atoms with E-state index < -0.39 is 0 Å². The van der Waals surface area contributed by atoms with Crippen molar-refractivity contribution in [2.75, 3.05) is 39.6 Å². The van der Waals surface area contributed by atoms with Crippen molar-refractivity contribution >= 4 is 0 Å². The minimum atomic E-state index is -0.0965. The Bertz CT molecular complexity index is 441. The van der Waals surface area contributed by atoms with Crippen molar-refractivity contribution < 1.29 is 23.7 Å². The summed E-state index contributed by atoms with van der Waals surface area (Å²) in [7, 11) is 0. The Morgan fingerprint density at radius 1 is 0.759 bits per heavy atom. The van der Waals surface area contributed by atoms with Crippen molar-refractivity contribution in [1.29, 1.82) is 0 Å². The smallest absolute Gasteiger partial charge is 0.0707 e. The molecule has 2 fully saturated rings. The molecular formula is C24H46O5. The monoisotopic (exact) mass is 414 g/mol. The van der Waals surface area contributed by atoms with Gasteiger partial charge in [-0.05, 0) is 85.5 Å². The number of hydrogen-bond donors (Lipinski definition) is 0. The van der Waals surface area contributed by atoms with Gasteiger partial charge in [-0.25, -0.2) is 0 Å². The molecule has 172 valence electrons. The second-order valence-electron chi connectivity index (χ2n) is 10.9. The maximum Gasteiger partial charge on any atom is 0.0707 e. The van der Waals surface area contributed by atoms with Gasteiger partial charge in [0, 0.05) is 6.61 Å². The first-order valence-electron chi connectivity index (χ1n) is 11.7. The van der Waals surface area contributed by atoms with Gasteiger partial charge in [0.15, 0.2) is 0 Å². The average Bonchev–Trinajstić information content (AvgIpc) is 2.52. The summed E-state index contributed by atoms with van der Waals surface area (Å²) in [6, 6.07) is 0. The van der Waals surface area contributed by atoms with Crippen molar-refractivity contribution in [3.8, 4) is 0 Å². The lowest BCUT2D eigenvalue weighted by Crippen LogP contribution is -2.42. The predicted octanol–water partition coefficient (Wildman–Crippen LogP) is 5.15. The number of ether oxygens (including phenoxy) is 5. The van der Waals surface area contributed by atoms with Crippen LogP contribution in [0.1, 0.15) is 86.5 Å². The van der Waals surface area contributed by atoms with Crippen LogP contribution < -0.4 is 0 Å². The van der Waals surface area contributed by atoms with Gasteiger partial charge < -0.3 is 23.7 Å². The van der Waals surface area contributed by atoms with Crippen LogP contribution in [0.4, 0.5) is 0 Å². The highest BCUT2D eigenvalue weighted by molar-refractivity contribution is 4.88. The molecule has 2 saturated carbocycles. The van der Waals surface area contributed by atoms with E-state index in [1.54, 1.807) is 0 Å². The average molecular weight is 415 g/mol. The molecule has 2 rings (SSSR count). The Kier molecular flexibility index (Phi) is 9.88. The Hall–Kier alpha value is -0.200. The highest BCUT2D eigenvalue weighted by Crippen LogP contribution is 2.45. The van der Waals surface area contributed by atoms with E-state index in [4.69, 9.17) is 23.7 Å². The highest BCUT2D eigenvalue weighted by atomic mass is 16.6. The predicted molar refractivity (Wildman–Crippen MR) is 116 cm³/mol. The third kappa shape index (κ3) is 10.6. The normalized spacial score (nSPS) is 24.2. The largest absolute Gasteiger partial charge is 0.378 e. The summed E-state index contributed by atoms with van der Waals surface area (Å²) in [5, 5.41) is 0. The molecule has 0 aromatic carbocycles. The zero-order valence-electron chi connectivity index (χ0n) is 19.9. The molecule has 2 aliphatic rings. The van der Waals surface area contributed by atoms with Crippen molar-refractivity contribution in [2.45, 2.75) is 110 Å². The first-order valence-corrected chi connectivity index (χ1v) is 11.7. The maximum absolute atomic E-state index is 6.04. The van der Waals surface area contributed by atoms with Gasteiger partial charge >= 0.3 is 0 Å². The molecule has 5 nitrogen and oxygen atoms in total. The SMILES string of the molecule is CC(C)(C)OCCOCCOCC1(CCCOC2CC(OC(C)(C)C)C2)CCC1. The summed E-state index contributed by atoms with van der Waals surface area (Å²) in [5.41, 5.74) is 0.244. The molecule has 0 saturated heterocycles. The lowest BCUT2D eigenvalue weighted by molar-refractivity contribution is -0.149. The topological polar surface area (TPSA) is 46.2 Å². The second-order valence-corrected chi connectivity index (χ2v) is 10.9. The Labute approximate surface area is 179 Å². The van der Waals surface area contributed by atoms with Gasteiger partial charge in [-0.1, -0.05) is 6.42 Å². The Morgan fingerprint density at radius 3 is 2.00 bits per heavy atom. The second kappa shape index (κ2) is 11.4. The van der Waals surface area contributed by atoms with E-state index in [0.29, 0.717) is 44.1 Å². The molecule has 0 spiro atoms. The van der Waals surface area contributed by atoms with Gasteiger partial charge in [0.1, 0.15) is 0 Å². The Balaban J connectivity index is 1.44. The molecule has 0 unspecified atom stereocenters. The molecule has 0 radical (unpaired) electrons. The third-order valence-corrected chi connectivity index (χ3v) is 5.73. The molecule has 0 aromatic heterocycles. The van der Waals surface area contributed by atoms with Crippen LogP contribution in [0.2, 0.25) is 0 Å². The molecular weight excluding hydrogens is 368 g/mol. The lowest BCUT2D eigenvalue weighted by Gasteiger charge is -2.42.